The van der Waals surface area contributed by atoms with Gasteiger partial charge in [0.25, 0.3) is 0 Å². The predicted octanol–water partition coefficient (Wildman–Crippen LogP) is 4.61. The molecule has 1 aliphatic rings. The number of benzene rings is 3. The largest absolute Gasteiger partial charge is 0.497 e. The molecule has 1 amide bonds. The van der Waals surface area contributed by atoms with Crippen LogP contribution in [0.3, 0.4) is 0 Å². The Morgan fingerprint density at radius 3 is 2.53 bits per heavy atom. The maximum Gasteiger partial charge on any atom is 0.238 e. The Labute approximate surface area is 177 Å². The standard InChI is InChI=1S/C25H25N3O2/c1-28(2)16-17-11-13-19(14-12-17)26-24(18-7-6-8-20(15-18)30-3)23-21-9-4-5-10-22(21)27-25(23)29/h4-15,23H,16H2,1-3H3,(H,27,29). The molecule has 152 valence electrons. The summed E-state index contributed by atoms with van der Waals surface area (Å²) in [5.74, 6) is 0.185. The van der Waals surface area contributed by atoms with Gasteiger partial charge in [-0.25, -0.2) is 0 Å². The monoisotopic (exact) mass is 399 g/mol. The average molecular weight is 399 g/mol. The topological polar surface area (TPSA) is 53.9 Å². The van der Waals surface area contributed by atoms with E-state index in [0.717, 1.165) is 34.8 Å². The maximum absolute atomic E-state index is 12.9. The molecule has 4 rings (SSSR count). The number of nitrogens with one attached hydrogen (secondary N) is 1. The number of hydrogen-bond acceptors (Lipinski definition) is 4. The van der Waals surface area contributed by atoms with Crippen molar-refractivity contribution in [1.82, 2.24) is 4.90 Å². The van der Waals surface area contributed by atoms with Crippen molar-refractivity contribution >= 4 is 23.0 Å². The summed E-state index contributed by atoms with van der Waals surface area (Å²) in [6.45, 7) is 0.866. The molecule has 1 heterocycles. The molecule has 0 aliphatic carbocycles. The number of aliphatic imine (C=N–C) groups is 1. The molecular weight excluding hydrogens is 374 g/mol. The number of amides is 1. The Morgan fingerprint density at radius 2 is 1.80 bits per heavy atom. The van der Waals surface area contributed by atoms with Gasteiger partial charge < -0.3 is 15.0 Å². The fourth-order valence-corrected chi connectivity index (χ4v) is 3.74. The van der Waals surface area contributed by atoms with Crippen molar-refractivity contribution in [1.29, 1.82) is 0 Å². The third-order valence-electron chi connectivity index (χ3n) is 5.12. The molecule has 1 aliphatic heterocycles. The molecule has 0 aromatic heterocycles. The minimum Gasteiger partial charge on any atom is -0.497 e. The van der Waals surface area contributed by atoms with E-state index in [1.165, 1.54) is 5.56 Å². The highest BCUT2D eigenvalue weighted by atomic mass is 16.5. The lowest BCUT2D eigenvalue weighted by Crippen LogP contribution is -2.22. The molecule has 0 spiro atoms. The van der Waals surface area contributed by atoms with Crippen LogP contribution in [0.4, 0.5) is 11.4 Å². The van der Waals surface area contributed by atoms with Gasteiger partial charge in [0.2, 0.25) is 5.91 Å². The summed E-state index contributed by atoms with van der Waals surface area (Å²) in [5.41, 5.74) is 5.37. The predicted molar refractivity (Wildman–Crippen MR) is 121 cm³/mol. The molecule has 3 aromatic rings. The van der Waals surface area contributed by atoms with Gasteiger partial charge in [-0.05, 0) is 55.6 Å². The summed E-state index contributed by atoms with van der Waals surface area (Å²) in [5, 5.41) is 2.99. The molecule has 0 radical (unpaired) electrons. The summed E-state index contributed by atoms with van der Waals surface area (Å²) in [7, 11) is 5.73. The van der Waals surface area contributed by atoms with E-state index < -0.39 is 5.92 Å². The molecule has 1 unspecified atom stereocenters. The van der Waals surface area contributed by atoms with Gasteiger partial charge in [0, 0.05) is 17.8 Å². The number of fused-ring (bicyclic) bond motifs is 1. The summed E-state index contributed by atoms with van der Waals surface area (Å²) >= 11 is 0. The summed E-state index contributed by atoms with van der Waals surface area (Å²) in [6, 6.07) is 23.6. The van der Waals surface area contributed by atoms with Crippen LogP contribution in [0, 0.1) is 0 Å². The van der Waals surface area contributed by atoms with Crippen molar-refractivity contribution < 1.29 is 9.53 Å². The maximum atomic E-state index is 12.9. The highest BCUT2D eigenvalue weighted by molar-refractivity contribution is 6.24. The zero-order chi connectivity index (χ0) is 21.1. The number of rotatable bonds is 6. The molecule has 1 N–H and O–H groups in total. The molecular formula is C25H25N3O2. The van der Waals surface area contributed by atoms with E-state index in [1.807, 2.05) is 74.8 Å². The lowest BCUT2D eigenvalue weighted by Gasteiger charge is -2.15. The molecule has 0 bridgehead atoms. The second kappa shape index (κ2) is 8.51. The molecule has 0 saturated carbocycles. The molecule has 0 saturated heterocycles. The van der Waals surface area contributed by atoms with Crippen LogP contribution in [0.15, 0.2) is 77.8 Å². The highest BCUT2D eigenvalue weighted by Crippen LogP contribution is 2.36. The smallest absolute Gasteiger partial charge is 0.238 e. The fourth-order valence-electron chi connectivity index (χ4n) is 3.74. The van der Waals surface area contributed by atoms with Gasteiger partial charge in [-0.1, -0.05) is 42.5 Å². The first-order chi connectivity index (χ1) is 14.5. The normalized spacial score (nSPS) is 15.8. The van der Waals surface area contributed by atoms with Crippen LogP contribution in [0.2, 0.25) is 0 Å². The second-order valence-electron chi connectivity index (χ2n) is 7.64. The number of para-hydroxylation sites is 1. The van der Waals surface area contributed by atoms with Crippen LogP contribution in [-0.4, -0.2) is 37.7 Å². The number of nitrogens with zero attached hydrogens (tertiary/aromatic N) is 2. The third-order valence-corrected chi connectivity index (χ3v) is 5.12. The van der Waals surface area contributed by atoms with Gasteiger partial charge >= 0.3 is 0 Å². The van der Waals surface area contributed by atoms with E-state index >= 15 is 0 Å². The van der Waals surface area contributed by atoms with Crippen LogP contribution in [0.5, 0.6) is 5.75 Å². The number of ether oxygens (including phenoxy) is 1. The Bertz CT molecular complexity index is 1090. The first-order valence-electron chi connectivity index (χ1n) is 9.91. The van der Waals surface area contributed by atoms with Gasteiger partial charge in [0.15, 0.2) is 0 Å². The molecule has 5 nitrogen and oxygen atoms in total. The van der Waals surface area contributed by atoms with Gasteiger partial charge in [0.1, 0.15) is 11.7 Å². The van der Waals surface area contributed by atoms with E-state index in [4.69, 9.17) is 9.73 Å². The van der Waals surface area contributed by atoms with Gasteiger partial charge in [-0.3, -0.25) is 9.79 Å². The van der Waals surface area contributed by atoms with Crippen LogP contribution in [0.25, 0.3) is 0 Å². The van der Waals surface area contributed by atoms with Crippen molar-refractivity contribution in [2.75, 3.05) is 26.5 Å². The minimum absolute atomic E-state index is 0.0676. The Kier molecular flexibility index (Phi) is 5.63. The Balaban J connectivity index is 1.80. The van der Waals surface area contributed by atoms with Crippen molar-refractivity contribution in [3.05, 3.63) is 89.5 Å². The van der Waals surface area contributed by atoms with Crippen LogP contribution >= 0.6 is 0 Å². The van der Waals surface area contributed by atoms with Crippen LogP contribution in [0.1, 0.15) is 22.6 Å². The third kappa shape index (κ3) is 4.11. The number of anilines is 1. The zero-order valence-electron chi connectivity index (χ0n) is 17.4. The molecule has 3 aromatic carbocycles. The van der Waals surface area contributed by atoms with Crippen LogP contribution in [-0.2, 0) is 11.3 Å². The quantitative estimate of drug-likeness (QED) is 0.616. The summed E-state index contributed by atoms with van der Waals surface area (Å²) in [4.78, 5) is 20.0. The first kappa shape index (κ1) is 19.9. The average Bonchev–Trinajstić information content (AvgIpc) is 3.08. The van der Waals surface area contributed by atoms with E-state index in [0.29, 0.717) is 5.71 Å². The van der Waals surface area contributed by atoms with Gasteiger partial charge in [-0.2, -0.15) is 0 Å². The lowest BCUT2D eigenvalue weighted by atomic mass is 9.90. The fraction of sp³-hybridized carbons (Fsp3) is 0.200. The van der Waals surface area contributed by atoms with Crippen molar-refractivity contribution in [2.24, 2.45) is 4.99 Å². The van der Waals surface area contributed by atoms with E-state index in [-0.39, 0.29) is 5.91 Å². The Morgan fingerprint density at radius 1 is 1.03 bits per heavy atom. The molecule has 0 fully saturated rings. The first-order valence-corrected chi connectivity index (χ1v) is 9.91. The molecule has 5 heteroatoms. The van der Waals surface area contributed by atoms with Crippen molar-refractivity contribution in [3.8, 4) is 5.75 Å². The van der Waals surface area contributed by atoms with Gasteiger partial charge in [0.05, 0.1) is 18.5 Å². The zero-order valence-corrected chi connectivity index (χ0v) is 17.4. The minimum atomic E-state index is -0.477. The molecule has 30 heavy (non-hydrogen) atoms. The Hall–Kier alpha value is -3.44. The molecule has 1 atom stereocenters. The van der Waals surface area contributed by atoms with E-state index in [9.17, 15) is 4.79 Å². The number of hydrogen-bond donors (Lipinski definition) is 1. The number of carbonyl (C=O) groups is 1. The summed E-state index contributed by atoms with van der Waals surface area (Å²) < 4.78 is 5.41. The van der Waals surface area contributed by atoms with Crippen molar-refractivity contribution in [3.63, 3.8) is 0 Å². The SMILES string of the molecule is COc1cccc(C(=Nc2ccc(CN(C)C)cc2)C2C(=O)Nc3ccccc32)c1. The lowest BCUT2D eigenvalue weighted by molar-refractivity contribution is -0.115. The van der Waals surface area contributed by atoms with Crippen LogP contribution < -0.4 is 10.1 Å². The van der Waals surface area contributed by atoms with E-state index in [1.54, 1.807) is 7.11 Å². The van der Waals surface area contributed by atoms with E-state index in [2.05, 4.69) is 22.3 Å². The number of carbonyl (C=O) groups excluding carboxylic acids is 1. The van der Waals surface area contributed by atoms with Crippen molar-refractivity contribution in [2.45, 2.75) is 12.5 Å². The second-order valence-corrected chi connectivity index (χ2v) is 7.64. The van der Waals surface area contributed by atoms with Gasteiger partial charge in [-0.15, -0.1) is 0 Å². The summed E-state index contributed by atoms with van der Waals surface area (Å²) in [6.07, 6.45) is 0. The number of methoxy groups -OCH3 is 1. The highest BCUT2D eigenvalue weighted by Gasteiger charge is 2.35.